The van der Waals surface area contributed by atoms with Gasteiger partial charge in [-0.1, -0.05) is 29.3 Å². The first-order valence-electron chi connectivity index (χ1n) is 8.49. The SMILES string of the molecule is Cc1cc(C)cc(C(=O)NCC(=O)NCCc2nc3ccccc3s2)c1. The number of aromatic nitrogens is 1. The summed E-state index contributed by atoms with van der Waals surface area (Å²) in [4.78, 5) is 28.6. The van der Waals surface area contributed by atoms with E-state index < -0.39 is 0 Å². The molecule has 26 heavy (non-hydrogen) atoms. The van der Waals surface area contributed by atoms with Gasteiger partial charge >= 0.3 is 0 Å². The van der Waals surface area contributed by atoms with Gasteiger partial charge in [0, 0.05) is 18.5 Å². The highest BCUT2D eigenvalue weighted by atomic mass is 32.1. The molecule has 0 aliphatic carbocycles. The normalized spacial score (nSPS) is 10.7. The standard InChI is InChI=1S/C20H21N3O2S/c1-13-9-14(2)11-15(10-13)20(25)22-12-18(24)21-8-7-19-23-16-5-3-4-6-17(16)26-19/h3-6,9-11H,7-8,12H2,1-2H3,(H,21,24)(H,22,25). The van der Waals surface area contributed by atoms with Crippen molar-refractivity contribution >= 4 is 33.4 Å². The van der Waals surface area contributed by atoms with Crippen LogP contribution in [0.1, 0.15) is 26.5 Å². The van der Waals surface area contributed by atoms with E-state index in [0.29, 0.717) is 18.5 Å². The van der Waals surface area contributed by atoms with E-state index in [9.17, 15) is 9.59 Å². The van der Waals surface area contributed by atoms with Gasteiger partial charge in [0.05, 0.1) is 21.8 Å². The maximum Gasteiger partial charge on any atom is 0.251 e. The molecule has 2 N–H and O–H groups in total. The Labute approximate surface area is 156 Å². The second-order valence-corrected chi connectivity index (χ2v) is 7.35. The first kappa shape index (κ1) is 18.1. The molecule has 0 saturated carbocycles. The maximum absolute atomic E-state index is 12.1. The highest BCUT2D eigenvalue weighted by Gasteiger charge is 2.09. The molecular formula is C20H21N3O2S. The van der Waals surface area contributed by atoms with Crippen LogP contribution in [0.4, 0.5) is 0 Å². The maximum atomic E-state index is 12.1. The minimum Gasteiger partial charge on any atom is -0.354 e. The van der Waals surface area contributed by atoms with Crippen LogP contribution < -0.4 is 10.6 Å². The van der Waals surface area contributed by atoms with Gasteiger partial charge in [0.2, 0.25) is 5.91 Å². The van der Waals surface area contributed by atoms with Crippen molar-refractivity contribution in [2.75, 3.05) is 13.1 Å². The predicted octanol–water partition coefficient (Wildman–Crippen LogP) is 3.00. The van der Waals surface area contributed by atoms with Crippen molar-refractivity contribution in [2.24, 2.45) is 0 Å². The van der Waals surface area contributed by atoms with E-state index >= 15 is 0 Å². The Hall–Kier alpha value is -2.73. The van der Waals surface area contributed by atoms with Gasteiger partial charge in [-0.2, -0.15) is 0 Å². The number of nitrogens with one attached hydrogen (secondary N) is 2. The average molecular weight is 367 g/mol. The van der Waals surface area contributed by atoms with Crippen molar-refractivity contribution in [3.8, 4) is 0 Å². The Kier molecular flexibility index (Phi) is 5.63. The molecule has 1 aromatic heterocycles. The molecule has 0 fully saturated rings. The van der Waals surface area contributed by atoms with Crippen molar-refractivity contribution in [2.45, 2.75) is 20.3 Å². The smallest absolute Gasteiger partial charge is 0.251 e. The molecule has 3 aromatic rings. The largest absolute Gasteiger partial charge is 0.354 e. The van der Waals surface area contributed by atoms with Crippen molar-refractivity contribution < 1.29 is 9.59 Å². The van der Waals surface area contributed by atoms with Gasteiger partial charge in [-0.3, -0.25) is 9.59 Å². The van der Waals surface area contributed by atoms with Crippen LogP contribution in [0.2, 0.25) is 0 Å². The molecular weight excluding hydrogens is 346 g/mol. The van der Waals surface area contributed by atoms with Gasteiger partial charge in [-0.05, 0) is 38.1 Å². The minimum absolute atomic E-state index is 0.0360. The summed E-state index contributed by atoms with van der Waals surface area (Å²) in [5.41, 5.74) is 3.61. The average Bonchev–Trinajstić information content (AvgIpc) is 3.01. The van der Waals surface area contributed by atoms with Crippen LogP contribution >= 0.6 is 11.3 Å². The monoisotopic (exact) mass is 367 g/mol. The molecule has 0 aliphatic rings. The summed E-state index contributed by atoms with van der Waals surface area (Å²) in [5, 5.41) is 6.47. The van der Waals surface area contributed by atoms with E-state index in [-0.39, 0.29) is 18.4 Å². The molecule has 0 unspecified atom stereocenters. The number of para-hydroxylation sites is 1. The van der Waals surface area contributed by atoms with E-state index in [1.807, 2.05) is 56.3 Å². The fourth-order valence-corrected chi connectivity index (χ4v) is 3.73. The first-order chi connectivity index (χ1) is 12.5. The number of fused-ring (bicyclic) bond motifs is 1. The Balaban J connectivity index is 1.44. The van der Waals surface area contributed by atoms with Gasteiger partial charge < -0.3 is 10.6 Å². The molecule has 2 aromatic carbocycles. The molecule has 3 rings (SSSR count). The lowest BCUT2D eigenvalue weighted by molar-refractivity contribution is -0.120. The van der Waals surface area contributed by atoms with Crippen LogP contribution in [0.5, 0.6) is 0 Å². The number of rotatable bonds is 6. The van der Waals surface area contributed by atoms with Crippen molar-refractivity contribution in [3.63, 3.8) is 0 Å². The van der Waals surface area contributed by atoms with E-state index in [4.69, 9.17) is 0 Å². The fourth-order valence-electron chi connectivity index (χ4n) is 2.77. The van der Waals surface area contributed by atoms with Gasteiger partial charge in [-0.15, -0.1) is 11.3 Å². The number of carbonyl (C=O) groups is 2. The third-order valence-electron chi connectivity index (χ3n) is 3.89. The van der Waals surface area contributed by atoms with E-state index in [0.717, 1.165) is 26.4 Å². The van der Waals surface area contributed by atoms with Crippen molar-refractivity contribution in [1.82, 2.24) is 15.6 Å². The second-order valence-electron chi connectivity index (χ2n) is 6.23. The number of hydrogen-bond donors (Lipinski definition) is 2. The van der Waals surface area contributed by atoms with E-state index in [2.05, 4.69) is 15.6 Å². The Morgan fingerprint density at radius 2 is 1.77 bits per heavy atom. The lowest BCUT2D eigenvalue weighted by Gasteiger charge is -2.08. The molecule has 0 atom stereocenters. The topological polar surface area (TPSA) is 71.1 Å². The number of aryl methyl sites for hydroxylation is 2. The summed E-state index contributed by atoms with van der Waals surface area (Å²) >= 11 is 1.63. The summed E-state index contributed by atoms with van der Waals surface area (Å²) in [6, 6.07) is 13.6. The number of carbonyl (C=O) groups excluding carboxylic acids is 2. The van der Waals surface area contributed by atoms with Crippen LogP contribution in [0, 0.1) is 13.8 Å². The van der Waals surface area contributed by atoms with E-state index in [1.165, 1.54) is 0 Å². The quantitative estimate of drug-likeness (QED) is 0.704. The Bertz CT molecular complexity index is 896. The number of hydrogen-bond acceptors (Lipinski definition) is 4. The molecule has 0 radical (unpaired) electrons. The first-order valence-corrected chi connectivity index (χ1v) is 9.30. The van der Waals surface area contributed by atoms with Crippen LogP contribution in [0.25, 0.3) is 10.2 Å². The number of nitrogens with zero attached hydrogens (tertiary/aromatic N) is 1. The molecule has 0 saturated heterocycles. The summed E-state index contributed by atoms with van der Waals surface area (Å²) in [5.74, 6) is -0.443. The molecule has 0 aliphatic heterocycles. The lowest BCUT2D eigenvalue weighted by Crippen LogP contribution is -2.37. The van der Waals surface area contributed by atoms with Crippen LogP contribution in [0.15, 0.2) is 42.5 Å². The lowest BCUT2D eigenvalue weighted by atomic mass is 10.1. The molecule has 0 bridgehead atoms. The predicted molar refractivity (Wildman–Crippen MR) is 105 cm³/mol. The van der Waals surface area contributed by atoms with Crippen LogP contribution in [-0.2, 0) is 11.2 Å². The summed E-state index contributed by atoms with van der Waals surface area (Å²) < 4.78 is 1.15. The number of benzene rings is 2. The fraction of sp³-hybridized carbons (Fsp3) is 0.250. The highest BCUT2D eigenvalue weighted by Crippen LogP contribution is 2.21. The van der Waals surface area contributed by atoms with Gasteiger partial charge in [0.25, 0.3) is 5.91 Å². The zero-order valence-electron chi connectivity index (χ0n) is 14.8. The van der Waals surface area contributed by atoms with Crippen LogP contribution in [0.3, 0.4) is 0 Å². The summed E-state index contributed by atoms with van der Waals surface area (Å²) in [6.07, 6.45) is 0.677. The molecule has 6 heteroatoms. The zero-order valence-corrected chi connectivity index (χ0v) is 15.7. The summed E-state index contributed by atoms with van der Waals surface area (Å²) in [7, 11) is 0. The summed E-state index contributed by atoms with van der Waals surface area (Å²) in [6.45, 7) is 4.35. The van der Waals surface area contributed by atoms with Gasteiger partial charge in [0.15, 0.2) is 0 Å². The third kappa shape index (κ3) is 4.67. The molecule has 134 valence electrons. The minimum atomic E-state index is -0.238. The number of amides is 2. The highest BCUT2D eigenvalue weighted by molar-refractivity contribution is 7.18. The van der Waals surface area contributed by atoms with Crippen molar-refractivity contribution in [3.05, 3.63) is 64.2 Å². The number of thiazole rings is 1. The van der Waals surface area contributed by atoms with Gasteiger partial charge in [-0.25, -0.2) is 4.98 Å². The second kappa shape index (κ2) is 8.10. The van der Waals surface area contributed by atoms with Crippen molar-refractivity contribution in [1.29, 1.82) is 0 Å². The Morgan fingerprint density at radius 1 is 1.04 bits per heavy atom. The molecule has 0 spiro atoms. The van der Waals surface area contributed by atoms with Crippen LogP contribution in [-0.4, -0.2) is 29.9 Å². The Morgan fingerprint density at radius 3 is 2.50 bits per heavy atom. The van der Waals surface area contributed by atoms with E-state index in [1.54, 1.807) is 11.3 Å². The molecule has 1 heterocycles. The molecule has 5 nitrogen and oxygen atoms in total. The molecule has 2 amide bonds. The zero-order chi connectivity index (χ0) is 18.5. The third-order valence-corrected chi connectivity index (χ3v) is 4.99. The van der Waals surface area contributed by atoms with Gasteiger partial charge in [0.1, 0.15) is 0 Å².